The Bertz CT molecular complexity index is 996. The number of hydrogen-bond donors (Lipinski definition) is 1. The zero-order valence-electron chi connectivity index (χ0n) is 17.6. The fourth-order valence-electron chi connectivity index (χ4n) is 3.21. The number of benzene rings is 2. The summed E-state index contributed by atoms with van der Waals surface area (Å²) in [4.78, 5) is 48.3. The molecule has 2 aromatic rings. The lowest BCUT2D eigenvalue weighted by atomic mass is 9.99. The first-order valence-electron chi connectivity index (χ1n) is 10.3. The number of nitrogens with one attached hydrogen (secondary N) is 1. The second-order valence-electron chi connectivity index (χ2n) is 7.39. The molecular formula is C24H25NO6. The lowest BCUT2D eigenvalue weighted by molar-refractivity contribution is -0.142. The number of fused-ring (bicyclic) bond motifs is 1. The van der Waals surface area contributed by atoms with Crippen LogP contribution in [-0.2, 0) is 14.3 Å². The Morgan fingerprint density at radius 2 is 1.68 bits per heavy atom. The lowest BCUT2D eigenvalue weighted by Gasteiger charge is -2.07. The molecule has 1 aliphatic heterocycles. The van der Waals surface area contributed by atoms with Gasteiger partial charge in [-0.3, -0.25) is 19.2 Å². The van der Waals surface area contributed by atoms with Crippen molar-refractivity contribution in [1.82, 2.24) is 0 Å². The van der Waals surface area contributed by atoms with Gasteiger partial charge in [-0.1, -0.05) is 6.92 Å². The Morgan fingerprint density at radius 3 is 2.39 bits per heavy atom. The molecule has 0 aliphatic carbocycles. The predicted octanol–water partition coefficient (Wildman–Crippen LogP) is 3.92. The molecular weight excluding hydrogens is 398 g/mol. The highest BCUT2D eigenvalue weighted by molar-refractivity contribution is 6.05. The first kappa shape index (κ1) is 22.2. The van der Waals surface area contributed by atoms with Crippen LogP contribution in [0.5, 0.6) is 5.75 Å². The zero-order chi connectivity index (χ0) is 22.4. The first-order chi connectivity index (χ1) is 14.9. The average molecular weight is 423 g/mol. The van der Waals surface area contributed by atoms with Gasteiger partial charge in [0.1, 0.15) is 5.75 Å². The van der Waals surface area contributed by atoms with E-state index in [2.05, 4.69) is 5.32 Å². The molecule has 1 amide bonds. The molecule has 2 aromatic carbocycles. The van der Waals surface area contributed by atoms with Crippen LogP contribution in [-0.4, -0.2) is 36.7 Å². The van der Waals surface area contributed by atoms with Gasteiger partial charge in [-0.2, -0.15) is 0 Å². The molecule has 1 atom stereocenters. The maximum atomic E-state index is 12.3. The van der Waals surface area contributed by atoms with E-state index in [-0.39, 0.29) is 36.2 Å². The number of anilines is 1. The van der Waals surface area contributed by atoms with Gasteiger partial charge in [-0.25, -0.2) is 0 Å². The van der Waals surface area contributed by atoms with E-state index in [9.17, 15) is 19.2 Å². The van der Waals surface area contributed by atoms with Gasteiger partial charge in [-0.15, -0.1) is 0 Å². The summed E-state index contributed by atoms with van der Waals surface area (Å²) >= 11 is 0. The Labute approximate surface area is 180 Å². The SMILES string of the molecule is CCCOc1ccc(C(=O)CCC(=O)OCC(=O)c2ccc3c(c2)[C@@H](C)C(=O)N3)cc1. The number of hydrogen-bond acceptors (Lipinski definition) is 6. The summed E-state index contributed by atoms with van der Waals surface area (Å²) in [5, 5.41) is 2.74. The minimum Gasteiger partial charge on any atom is -0.494 e. The second kappa shape index (κ2) is 10.0. The van der Waals surface area contributed by atoms with Gasteiger partial charge in [0.2, 0.25) is 5.91 Å². The van der Waals surface area contributed by atoms with E-state index in [0.717, 1.165) is 12.0 Å². The third kappa shape index (κ3) is 5.57. The van der Waals surface area contributed by atoms with E-state index in [0.29, 0.717) is 29.2 Å². The van der Waals surface area contributed by atoms with Gasteiger partial charge in [0.25, 0.3) is 0 Å². The summed E-state index contributed by atoms with van der Waals surface area (Å²) in [6, 6.07) is 11.7. The van der Waals surface area contributed by atoms with Gasteiger partial charge >= 0.3 is 5.97 Å². The molecule has 1 N–H and O–H groups in total. The van der Waals surface area contributed by atoms with Crippen LogP contribution in [0.25, 0.3) is 0 Å². The molecule has 0 spiro atoms. The Balaban J connectivity index is 1.45. The first-order valence-corrected chi connectivity index (χ1v) is 10.3. The van der Waals surface area contributed by atoms with Crippen LogP contribution in [0.2, 0.25) is 0 Å². The number of rotatable bonds is 10. The van der Waals surface area contributed by atoms with Crippen LogP contribution in [0.1, 0.15) is 65.3 Å². The molecule has 7 heteroatoms. The molecule has 7 nitrogen and oxygen atoms in total. The van der Waals surface area contributed by atoms with Crippen LogP contribution in [0.3, 0.4) is 0 Å². The van der Waals surface area contributed by atoms with Gasteiger partial charge in [0.15, 0.2) is 18.2 Å². The van der Waals surface area contributed by atoms with E-state index in [1.807, 2.05) is 6.92 Å². The number of carbonyl (C=O) groups is 4. The molecule has 162 valence electrons. The fourth-order valence-corrected chi connectivity index (χ4v) is 3.21. The Kier molecular flexibility index (Phi) is 7.18. The van der Waals surface area contributed by atoms with Crippen LogP contribution in [0.4, 0.5) is 5.69 Å². The molecule has 0 fully saturated rings. The number of carbonyl (C=O) groups excluding carboxylic acids is 4. The van der Waals surface area contributed by atoms with Crippen molar-refractivity contribution in [1.29, 1.82) is 0 Å². The maximum absolute atomic E-state index is 12.3. The van der Waals surface area contributed by atoms with Gasteiger partial charge in [-0.05, 0) is 61.4 Å². The number of esters is 1. The largest absolute Gasteiger partial charge is 0.494 e. The van der Waals surface area contributed by atoms with Crippen LogP contribution < -0.4 is 10.1 Å². The van der Waals surface area contributed by atoms with Gasteiger partial charge < -0.3 is 14.8 Å². The van der Waals surface area contributed by atoms with E-state index in [1.165, 1.54) is 0 Å². The van der Waals surface area contributed by atoms with Crippen molar-refractivity contribution in [2.75, 3.05) is 18.5 Å². The average Bonchev–Trinajstić information content (AvgIpc) is 3.07. The molecule has 1 aliphatic rings. The zero-order valence-corrected chi connectivity index (χ0v) is 17.6. The molecule has 0 radical (unpaired) electrons. The molecule has 0 saturated heterocycles. The minimum absolute atomic E-state index is 0.00761. The molecule has 0 saturated carbocycles. The summed E-state index contributed by atoms with van der Waals surface area (Å²) < 4.78 is 10.5. The molecule has 3 rings (SSSR count). The van der Waals surface area contributed by atoms with E-state index < -0.39 is 12.6 Å². The molecule has 31 heavy (non-hydrogen) atoms. The number of ether oxygens (including phenoxy) is 2. The smallest absolute Gasteiger partial charge is 0.306 e. The summed E-state index contributed by atoms with van der Waals surface area (Å²) in [7, 11) is 0. The van der Waals surface area contributed by atoms with Crippen molar-refractivity contribution >= 4 is 29.1 Å². The lowest BCUT2D eigenvalue weighted by Crippen LogP contribution is -2.15. The number of ketones is 2. The van der Waals surface area contributed by atoms with Crippen LogP contribution in [0, 0.1) is 0 Å². The highest BCUT2D eigenvalue weighted by Crippen LogP contribution is 2.32. The van der Waals surface area contributed by atoms with Crippen LogP contribution >= 0.6 is 0 Å². The monoisotopic (exact) mass is 423 g/mol. The van der Waals surface area contributed by atoms with E-state index in [1.54, 1.807) is 49.4 Å². The van der Waals surface area contributed by atoms with Crippen molar-refractivity contribution in [3.63, 3.8) is 0 Å². The molecule has 1 heterocycles. The Hall–Kier alpha value is -3.48. The third-order valence-corrected chi connectivity index (χ3v) is 5.06. The second-order valence-corrected chi connectivity index (χ2v) is 7.39. The quantitative estimate of drug-likeness (QED) is 0.459. The van der Waals surface area contributed by atoms with Crippen molar-refractivity contribution in [2.45, 2.75) is 39.0 Å². The summed E-state index contributed by atoms with van der Waals surface area (Å²) in [6.45, 7) is 3.97. The van der Waals surface area contributed by atoms with Crippen molar-refractivity contribution in [3.8, 4) is 5.75 Å². The minimum atomic E-state index is -0.615. The summed E-state index contributed by atoms with van der Waals surface area (Å²) in [5.41, 5.74) is 2.30. The number of Topliss-reactive ketones (excluding diaryl/α,β-unsaturated/α-hetero) is 2. The highest BCUT2D eigenvalue weighted by atomic mass is 16.5. The van der Waals surface area contributed by atoms with E-state index in [4.69, 9.17) is 9.47 Å². The molecule has 0 aromatic heterocycles. The van der Waals surface area contributed by atoms with E-state index >= 15 is 0 Å². The summed E-state index contributed by atoms with van der Waals surface area (Å²) in [6.07, 6.45) is 0.778. The maximum Gasteiger partial charge on any atom is 0.306 e. The van der Waals surface area contributed by atoms with Gasteiger partial charge in [0, 0.05) is 23.2 Å². The summed E-state index contributed by atoms with van der Waals surface area (Å²) in [5.74, 6) is -0.914. The topological polar surface area (TPSA) is 98.8 Å². The van der Waals surface area contributed by atoms with Crippen molar-refractivity contribution in [3.05, 3.63) is 59.2 Å². The predicted molar refractivity (Wildman–Crippen MR) is 115 cm³/mol. The third-order valence-electron chi connectivity index (χ3n) is 5.06. The van der Waals surface area contributed by atoms with Crippen molar-refractivity contribution in [2.24, 2.45) is 0 Å². The number of amides is 1. The molecule has 0 bridgehead atoms. The standard InChI is InChI=1S/C24H25NO6/c1-3-12-30-18-7-4-16(5-8-18)21(26)10-11-23(28)31-14-22(27)17-6-9-20-19(13-17)15(2)24(29)25-20/h4-9,13,15H,3,10-12,14H2,1-2H3,(H,25,29)/t15-/m1/s1. The van der Waals surface area contributed by atoms with Crippen LogP contribution in [0.15, 0.2) is 42.5 Å². The normalized spacial score (nSPS) is 14.5. The fraction of sp³-hybridized carbons (Fsp3) is 0.333. The van der Waals surface area contributed by atoms with Gasteiger partial charge in [0.05, 0.1) is 18.9 Å². The highest BCUT2D eigenvalue weighted by Gasteiger charge is 2.27. The molecule has 0 unspecified atom stereocenters. The Morgan fingerprint density at radius 1 is 0.968 bits per heavy atom. The van der Waals surface area contributed by atoms with Crippen molar-refractivity contribution < 1.29 is 28.7 Å².